The molecule has 0 aromatic carbocycles. The lowest BCUT2D eigenvalue weighted by molar-refractivity contribution is -0.0823. The number of halogens is 1. The average molecular weight is 511 g/mol. The van der Waals surface area contributed by atoms with Gasteiger partial charge in [0.05, 0.1) is 18.8 Å². The fourth-order valence-electron chi connectivity index (χ4n) is 3.91. The molecule has 0 aromatic heterocycles. The van der Waals surface area contributed by atoms with Gasteiger partial charge in [-0.2, -0.15) is 0 Å². The number of guanidine groups is 1. The second kappa shape index (κ2) is 14.0. The van der Waals surface area contributed by atoms with E-state index in [9.17, 15) is 0 Å². The Morgan fingerprint density at radius 1 is 1.11 bits per heavy atom. The molecular formula is C21H42IN3O3. The minimum Gasteiger partial charge on any atom is -0.379 e. The number of rotatable bonds is 9. The summed E-state index contributed by atoms with van der Waals surface area (Å²) in [5.41, 5.74) is 0.159. The molecule has 0 amide bonds. The number of hydrogen-bond donors (Lipinski definition) is 2. The van der Waals surface area contributed by atoms with Crippen LogP contribution in [0.1, 0.15) is 59.8 Å². The number of hydrogen-bond acceptors (Lipinski definition) is 4. The number of aliphatic imine (C=N–C) groups is 1. The maximum absolute atomic E-state index is 6.08. The summed E-state index contributed by atoms with van der Waals surface area (Å²) in [5, 5.41) is 6.78. The van der Waals surface area contributed by atoms with Crippen LogP contribution in [0.2, 0.25) is 0 Å². The fraction of sp³-hybridized carbons (Fsp3) is 0.952. The zero-order chi connectivity index (χ0) is 19.5. The highest BCUT2D eigenvalue weighted by Crippen LogP contribution is 2.34. The molecule has 2 aliphatic heterocycles. The highest BCUT2D eigenvalue weighted by atomic mass is 127. The highest BCUT2D eigenvalue weighted by Gasteiger charge is 2.35. The Morgan fingerprint density at radius 2 is 1.86 bits per heavy atom. The molecule has 2 fully saturated rings. The highest BCUT2D eigenvalue weighted by molar-refractivity contribution is 14.0. The Balaban J connectivity index is 0.00000392. The standard InChI is InChI=1S/C21H41N3O3.HI/c1-5-22-20(23-11-8-12-25-16-18-10-7-13-26-18)24-15-17-9-6-14-27-19(17)21(2,3)4;/h17-19H,5-16H2,1-4H3,(H2,22,23,24);1H. The first kappa shape index (κ1) is 25.9. The smallest absolute Gasteiger partial charge is 0.191 e. The zero-order valence-corrected chi connectivity index (χ0v) is 20.6. The molecule has 0 radical (unpaired) electrons. The van der Waals surface area contributed by atoms with E-state index >= 15 is 0 Å². The molecule has 0 aromatic rings. The minimum absolute atomic E-state index is 0. The molecule has 0 bridgehead atoms. The molecule has 3 unspecified atom stereocenters. The van der Waals surface area contributed by atoms with Gasteiger partial charge in [0.15, 0.2) is 5.96 Å². The molecule has 3 atom stereocenters. The topological polar surface area (TPSA) is 64.1 Å². The summed E-state index contributed by atoms with van der Waals surface area (Å²) in [6.45, 7) is 14.7. The largest absolute Gasteiger partial charge is 0.379 e. The van der Waals surface area contributed by atoms with E-state index in [0.29, 0.717) is 12.0 Å². The number of nitrogens with one attached hydrogen (secondary N) is 2. The van der Waals surface area contributed by atoms with Gasteiger partial charge in [0.25, 0.3) is 0 Å². The van der Waals surface area contributed by atoms with Crippen LogP contribution in [0.5, 0.6) is 0 Å². The Morgan fingerprint density at radius 3 is 2.54 bits per heavy atom. The lowest BCUT2D eigenvalue weighted by atomic mass is 9.78. The van der Waals surface area contributed by atoms with Crippen LogP contribution in [0.25, 0.3) is 0 Å². The van der Waals surface area contributed by atoms with Gasteiger partial charge in [-0.25, -0.2) is 0 Å². The van der Waals surface area contributed by atoms with Gasteiger partial charge in [0.1, 0.15) is 0 Å². The van der Waals surface area contributed by atoms with Crippen LogP contribution in [0.4, 0.5) is 0 Å². The van der Waals surface area contributed by atoms with E-state index in [0.717, 1.165) is 71.3 Å². The third-order valence-electron chi connectivity index (χ3n) is 5.21. The van der Waals surface area contributed by atoms with E-state index in [1.807, 2.05) is 0 Å². The van der Waals surface area contributed by atoms with Gasteiger partial charge < -0.3 is 24.8 Å². The first-order valence-corrected chi connectivity index (χ1v) is 10.8. The Bertz CT molecular complexity index is 437. The third kappa shape index (κ3) is 9.59. The van der Waals surface area contributed by atoms with Crippen LogP contribution in [0.3, 0.4) is 0 Å². The zero-order valence-electron chi connectivity index (χ0n) is 18.3. The minimum atomic E-state index is 0. The second-order valence-electron chi connectivity index (χ2n) is 8.77. The van der Waals surface area contributed by atoms with Crippen molar-refractivity contribution in [2.75, 3.05) is 46.1 Å². The molecule has 2 saturated heterocycles. The van der Waals surface area contributed by atoms with Crippen molar-refractivity contribution >= 4 is 29.9 Å². The van der Waals surface area contributed by atoms with Gasteiger partial charge in [0, 0.05) is 45.4 Å². The summed E-state index contributed by atoms with van der Waals surface area (Å²) >= 11 is 0. The van der Waals surface area contributed by atoms with E-state index in [1.165, 1.54) is 12.8 Å². The molecule has 0 spiro atoms. The average Bonchev–Trinajstić information content (AvgIpc) is 3.15. The molecule has 28 heavy (non-hydrogen) atoms. The number of ether oxygens (including phenoxy) is 3. The predicted octanol–water partition coefficient (Wildman–Crippen LogP) is 3.59. The maximum Gasteiger partial charge on any atom is 0.191 e. The molecule has 2 heterocycles. The Kier molecular flexibility index (Phi) is 12.9. The van der Waals surface area contributed by atoms with Crippen molar-refractivity contribution in [2.45, 2.75) is 72.0 Å². The molecule has 2 N–H and O–H groups in total. The lowest BCUT2D eigenvalue weighted by Gasteiger charge is -2.39. The van der Waals surface area contributed by atoms with Crippen LogP contribution < -0.4 is 10.6 Å². The molecular weight excluding hydrogens is 469 g/mol. The molecule has 6 nitrogen and oxygen atoms in total. The summed E-state index contributed by atoms with van der Waals surface area (Å²) in [6.07, 6.45) is 6.19. The van der Waals surface area contributed by atoms with Gasteiger partial charge in [-0.05, 0) is 44.4 Å². The van der Waals surface area contributed by atoms with Crippen molar-refractivity contribution < 1.29 is 14.2 Å². The fourth-order valence-corrected chi connectivity index (χ4v) is 3.91. The summed E-state index contributed by atoms with van der Waals surface area (Å²) in [7, 11) is 0. The Hall–Kier alpha value is -0.120. The third-order valence-corrected chi connectivity index (χ3v) is 5.21. The summed E-state index contributed by atoms with van der Waals surface area (Å²) in [4.78, 5) is 4.84. The van der Waals surface area contributed by atoms with Gasteiger partial charge in [-0.3, -0.25) is 4.99 Å². The molecule has 2 rings (SSSR count). The SMILES string of the molecule is CCNC(=NCC1CCCOC1C(C)(C)C)NCCCOCC1CCCO1.I. The molecule has 2 aliphatic rings. The first-order chi connectivity index (χ1) is 13.0. The van der Waals surface area contributed by atoms with Crippen LogP contribution in [-0.4, -0.2) is 64.2 Å². The normalized spacial score (nSPS) is 26.0. The quantitative estimate of drug-likeness (QED) is 0.215. The van der Waals surface area contributed by atoms with E-state index in [4.69, 9.17) is 19.2 Å². The van der Waals surface area contributed by atoms with Crippen molar-refractivity contribution in [1.29, 1.82) is 0 Å². The van der Waals surface area contributed by atoms with E-state index in [2.05, 4.69) is 38.3 Å². The summed E-state index contributed by atoms with van der Waals surface area (Å²) < 4.78 is 17.4. The van der Waals surface area contributed by atoms with Crippen LogP contribution >= 0.6 is 24.0 Å². The van der Waals surface area contributed by atoms with Crippen LogP contribution in [0.15, 0.2) is 4.99 Å². The Labute approximate surface area is 189 Å². The van der Waals surface area contributed by atoms with Crippen molar-refractivity contribution in [1.82, 2.24) is 10.6 Å². The van der Waals surface area contributed by atoms with Gasteiger partial charge in [-0.15, -0.1) is 24.0 Å². The van der Waals surface area contributed by atoms with Crippen molar-refractivity contribution in [3.8, 4) is 0 Å². The predicted molar refractivity (Wildman–Crippen MR) is 126 cm³/mol. The first-order valence-electron chi connectivity index (χ1n) is 10.8. The van der Waals surface area contributed by atoms with Crippen molar-refractivity contribution in [2.24, 2.45) is 16.3 Å². The van der Waals surface area contributed by atoms with E-state index < -0.39 is 0 Å². The van der Waals surface area contributed by atoms with Gasteiger partial charge in [0.2, 0.25) is 0 Å². The lowest BCUT2D eigenvalue weighted by Crippen LogP contribution is -2.43. The summed E-state index contributed by atoms with van der Waals surface area (Å²) in [6, 6.07) is 0. The second-order valence-corrected chi connectivity index (χ2v) is 8.77. The van der Waals surface area contributed by atoms with Gasteiger partial charge >= 0.3 is 0 Å². The molecule has 166 valence electrons. The molecule has 0 aliphatic carbocycles. The maximum atomic E-state index is 6.08. The van der Waals surface area contributed by atoms with Gasteiger partial charge in [-0.1, -0.05) is 20.8 Å². The number of nitrogens with zero attached hydrogens (tertiary/aromatic N) is 1. The van der Waals surface area contributed by atoms with Crippen molar-refractivity contribution in [3.63, 3.8) is 0 Å². The summed E-state index contributed by atoms with van der Waals surface area (Å²) in [5.74, 6) is 1.39. The van der Waals surface area contributed by atoms with Crippen molar-refractivity contribution in [3.05, 3.63) is 0 Å². The molecule has 0 saturated carbocycles. The van der Waals surface area contributed by atoms with E-state index in [1.54, 1.807) is 0 Å². The van der Waals surface area contributed by atoms with E-state index in [-0.39, 0.29) is 35.5 Å². The van der Waals surface area contributed by atoms with Crippen LogP contribution in [0, 0.1) is 11.3 Å². The molecule has 7 heteroatoms. The van der Waals surface area contributed by atoms with Crippen LogP contribution in [-0.2, 0) is 14.2 Å². The monoisotopic (exact) mass is 511 g/mol.